The summed E-state index contributed by atoms with van der Waals surface area (Å²) in [6.07, 6.45) is -7.46. The van der Waals surface area contributed by atoms with Gasteiger partial charge in [0.2, 0.25) is 5.91 Å². The van der Waals surface area contributed by atoms with Crippen molar-refractivity contribution in [2.75, 3.05) is 45.0 Å². The Kier molecular flexibility index (Phi) is 8.93. The number of likely N-dealkylation sites (tertiary alicyclic amines) is 2. The maximum Gasteiger partial charge on any atom is 0.417 e. The number of alkyl halides is 6. The van der Waals surface area contributed by atoms with Gasteiger partial charge in [0, 0.05) is 67.4 Å². The molecule has 3 aliphatic rings. The molecule has 3 aliphatic heterocycles. The topological polar surface area (TPSA) is 73.6 Å². The lowest BCUT2D eigenvalue weighted by atomic mass is 10.0. The van der Waals surface area contributed by atoms with Crippen LogP contribution in [0.15, 0.2) is 23.1 Å². The second-order valence-corrected chi connectivity index (χ2v) is 11.9. The smallest absolute Gasteiger partial charge is 0.390 e. The van der Waals surface area contributed by atoms with Crippen LogP contribution in [0.25, 0.3) is 11.3 Å². The van der Waals surface area contributed by atoms with Crippen molar-refractivity contribution in [2.45, 2.75) is 62.1 Å². The van der Waals surface area contributed by atoms with Crippen LogP contribution < -0.4 is 5.32 Å². The largest absolute Gasteiger partial charge is 0.417 e. The van der Waals surface area contributed by atoms with Gasteiger partial charge in [-0.1, -0.05) is 6.07 Å². The number of aliphatic hydroxyl groups is 1. The summed E-state index contributed by atoms with van der Waals surface area (Å²) in [5.74, 6) is -1.69. The zero-order chi connectivity index (χ0) is 29.4. The van der Waals surface area contributed by atoms with Crippen LogP contribution in [0.1, 0.15) is 36.1 Å². The number of rotatable bonds is 8. The number of nitrogens with one attached hydrogen (secondary N) is 1. The summed E-state index contributed by atoms with van der Waals surface area (Å²) in [6.45, 7) is 2.56. The number of amides is 1. The molecule has 2 saturated heterocycles. The number of carbonyl (C=O) groups excluding carboxylic acids is 1. The maximum absolute atomic E-state index is 13.9. The number of thioether (sulfide) groups is 1. The number of fused-ring (bicyclic) bond motifs is 1. The molecule has 0 saturated carbocycles. The predicted molar refractivity (Wildman–Crippen MR) is 141 cm³/mol. The fourth-order valence-corrected chi connectivity index (χ4v) is 6.86. The SMILES string of the molecule is O=C(CSc1cc(-c2nn(CC(O)CN3CCC(C(F)(F)F)C3)c3c2CNCC3)ccc1C(F)(F)F)N1CCCC1. The Bertz CT molecular complexity index is 1240. The Morgan fingerprint density at radius 3 is 2.56 bits per heavy atom. The third kappa shape index (κ3) is 7.03. The zero-order valence-corrected chi connectivity index (χ0v) is 23.2. The predicted octanol–water partition coefficient (Wildman–Crippen LogP) is 4.17. The summed E-state index contributed by atoms with van der Waals surface area (Å²) >= 11 is 0.865. The number of aromatic nitrogens is 2. The number of β-amino-alcohol motifs (C(OH)–C–C–N with tert-alkyl or cyclic N) is 1. The number of carbonyl (C=O) groups is 1. The second-order valence-electron chi connectivity index (χ2n) is 10.9. The van der Waals surface area contributed by atoms with Crippen LogP contribution in [0.4, 0.5) is 26.3 Å². The first-order valence-corrected chi connectivity index (χ1v) is 14.8. The first kappa shape index (κ1) is 30.2. The molecule has 0 aliphatic carbocycles. The molecule has 2 unspecified atom stereocenters. The summed E-state index contributed by atoms with van der Waals surface area (Å²) in [7, 11) is 0. The van der Waals surface area contributed by atoms with Gasteiger partial charge >= 0.3 is 12.4 Å². The van der Waals surface area contributed by atoms with E-state index in [4.69, 9.17) is 0 Å². The molecule has 2 atom stereocenters. The molecule has 14 heteroatoms. The monoisotopic (exact) mass is 605 g/mol. The summed E-state index contributed by atoms with van der Waals surface area (Å²) in [4.78, 5) is 15.8. The number of benzene rings is 1. The van der Waals surface area contributed by atoms with Gasteiger partial charge in [0.1, 0.15) is 0 Å². The van der Waals surface area contributed by atoms with E-state index < -0.39 is 29.9 Å². The zero-order valence-electron chi connectivity index (χ0n) is 22.4. The first-order chi connectivity index (χ1) is 19.4. The Morgan fingerprint density at radius 2 is 1.88 bits per heavy atom. The van der Waals surface area contributed by atoms with Crippen LogP contribution in [0.3, 0.4) is 0 Å². The molecule has 2 N–H and O–H groups in total. The van der Waals surface area contributed by atoms with Crippen LogP contribution in [0.5, 0.6) is 0 Å². The van der Waals surface area contributed by atoms with Gasteiger partial charge in [-0.05, 0) is 37.9 Å². The molecular weight excluding hydrogens is 572 g/mol. The minimum atomic E-state index is -4.59. The van der Waals surface area contributed by atoms with Crippen molar-refractivity contribution in [1.29, 1.82) is 0 Å². The molecular formula is C27H33F6N5O2S. The van der Waals surface area contributed by atoms with Crippen LogP contribution in [-0.2, 0) is 30.5 Å². The van der Waals surface area contributed by atoms with E-state index in [0.717, 1.165) is 41.9 Å². The van der Waals surface area contributed by atoms with Gasteiger partial charge in [-0.15, -0.1) is 11.8 Å². The first-order valence-electron chi connectivity index (χ1n) is 13.8. The Morgan fingerprint density at radius 1 is 1.12 bits per heavy atom. The van der Waals surface area contributed by atoms with E-state index >= 15 is 0 Å². The van der Waals surface area contributed by atoms with Crippen molar-refractivity contribution in [2.24, 2.45) is 5.92 Å². The molecule has 2 aromatic rings. The van der Waals surface area contributed by atoms with Crippen LogP contribution in [0.2, 0.25) is 0 Å². The van der Waals surface area contributed by atoms with Crippen molar-refractivity contribution in [3.8, 4) is 11.3 Å². The molecule has 41 heavy (non-hydrogen) atoms. The molecule has 5 rings (SSSR count). The highest BCUT2D eigenvalue weighted by molar-refractivity contribution is 8.00. The average Bonchev–Trinajstić information content (AvgIpc) is 3.67. The fourth-order valence-electron chi connectivity index (χ4n) is 5.84. The highest BCUT2D eigenvalue weighted by Gasteiger charge is 2.43. The van der Waals surface area contributed by atoms with E-state index in [1.807, 2.05) is 0 Å². The van der Waals surface area contributed by atoms with E-state index in [0.29, 0.717) is 43.9 Å². The molecule has 1 amide bonds. The van der Waals surface area contributed by atoms with Crippen molar-refractivity contribution in [3.63, 3.8) is 0 Å². The lowest BCUT2D eigenvalue weighted by Crippen LogP contribution is -2.35. The van der Waals surface area contributed by atoms with Crippen LogP contribution in [0, 0.1) is 5.92 Å². The van der Waals surface area contributed by atoms with Gasteiger partial charge in [0.15, 0.2) is 0 Å². The van der Waals surface area contributed by atoms with E-state index in [1.54, 1.807) is 14.5 Å². The highest BCUT2D eigenvalue weighted by Crippen LogP contribution is 2.40. The molecule has 2 fully saturated rings. The van der Waals surface area contributed by atoms with Gasteiger partial charge in [-0.25, -0.2) is 0 Å². The van der Waals surface area contributed by atoms with Gasteiger partial charge in [0.25, 0.3) is 0 Å². The molecule has 0 spiro atoms. The van der Waals surface area contributed by atoms with Crippen molar-refractivity contribution in [1.82, 2.24) is 24.9 Å². The second kappa shape index (κ2) is 12.1. The third-order valence-electron chi connectivity index (χ3n) is 7.97. The summed E-state index contributed by atoms with van der Waals surface area (Å²) in [5.41, 5.74) is 1.79. The highest BCUT2D eigenvalue weighted by atomic mass is 32.2. The van der Waals surface area contributed by atoms with Crippen molar-refractivity contribution < 1.29 is 36.2 Å². The number of nitrogens with zero attached hydrogens (tertiary/aromatic N) is 4. The van der Waals surface area contributed by atoms with Crippen LogP contribution >= 0.6 is 11.8 Å². The third-order valence-corrected chi connectivity index (χ3v) is 9.01. The minimum absolute atomic E-state index is 0.00109. The molecule has 0 radical (unpaired) electrons. The molecule has 1 aromatic heterocycles. The van der Waals surface area contributed by atoms with E-state index in [-0.39, 0.29) is 49.2 Å². The van der Waals surface area contributed by atoms with Crippen molar-refractivity contribution in [3.05, 3.63) is 35.0 Å². The number of halogens is 6. The summed E-state index contributed by atoms with van der Waals surface area (Å²) in [5, 5.41) is 18.7. The molecule has 226 valence electrons. The molecule has 4 heterocycles. The number of hydrogen-bond donors (Lipinski definition) is 2. The number of hydrogen-bond acceptors (Lipinski definition) is 6. The lowest BCUT2D eigenvalue weighted by molar-refractivity contribution is -0.170. The lowest BCUT2D eigenvalue weighted by Gasteiger charge is -2.22. The minimum Gasteiger partial charge on any atom is -0.390 e. The van der Waals surface area contributed by atoms with E-state index in [2.05, 4.69) is 10.4 Å². The quantitative estimate of drug-likeness (QED) is 0.348. The van der Waals surface area contributed by atoms with Gasteiger partial charge in [0.05, 0.1) is 35.6 Å². The van der Waals surface area contributed by atoms with Crippen molar-refractivity contribution >= 4 is 17.7 Å². The Labute approximate surface area is 238 Å². The van der Waals surface area contributed by atoms with Gasteiger partial charge in [-0.2, -0.15) is 31.4 Å². The fraction of sp³-hybridized carbons (Fsp3) is 0.630. The normalized spacial score (nSPS) is 21.0. The standard InChI is InChI=1S/C27H33F6N5O2S/c28-26(29,30)18-6-10-36(13-18)14-19(39)15-38-22-5-7-34-12-20(22)25(35-38)17-3-4-21(27(31,32)33)23(11-17)41-16-24(40)37-8-1-2-9-37/h3-4,11,18-19,34,39H,1-2,5-10,12-16H2. The van der Waals surface area contributed by atoms with Gasteiger partial charge < -0.3 is 20.2 Å². The maximum atomic E-state index is 13.9. The van der Waals surface area contributed by atoms with Gasteiger partial charge in [-0.3, -0.25) is 9.48 Å². The van der Waals surface area contributed by atoms with Crippen LogP contribution in [-0.4, -0.2) is 87.9 Å². The van der Waals surface area contributed by atoms with E-state index in [1.165, 1.54) is 12.1 Å². The Hall–Kier alpha value is -2.29. The Balaban J connectivity index is 1.36. The van der Waals surface area contributed by atoms with E-state index in [9.17, 15) is 36.2 Å². The average molecular weight is 606 g/mol. The summed E-state index contributed by atoms with van der Waals surface area (Å²) in [6, 6.07) is 3.80. The molecule has 7 nitrogen and oxygen atoms in total. The molecule has 0 bridgehead atoms. The summed E-state index contributed by atoms with van der Waals surface area (Å²) < 4.78 is 82.4. The number of aliphatic hydroxyl groups excluding tert-OH is 1. The molecule has 1 aromatic carbocycles.